The van der Waals surface area contributed by atoms with Crippen molar-refractivity contribution in [3.8, 4) is 17.6 Å². The summed E-state index contributed by atoms with van der Waals surface area (Å²) >= 11 is 0. The first kappa shape index (κ1) is 14.4. The summed E-state index contributed by atoms with van der Waals surface area (Å²) in [5, 5.41) is 8.77. The highest BCUT2D eigenvalue weighted by atomic mass is 16.5. The number of carbonyl (C=O) groups is 1. The molecule has 4 heteroatoms. The number of aliphatic hydroxyl groups excluding tert-OH is 1. The molecular weight excluding hydrogens is 254 g/mol. The zero-order valence-corrected chi connectivity index (χ0v) is 11.7. The van der Waals surface area contributed by atoms with Gasteiger partial charge < -0.3 is 14.7 Å². The maximum atomic E-state index is 11.6. The van der Waals surface area contributed by atoms with Crippen molar-refractivity contribution in [3.05, 3.63) is 29.3 Å². The van der Waals surface area contributed by atoms with Crippen molar-refractivity contribution in [1.29, 1.82) is 0 Å². The lowest BCUT2D eigenvalue weighted by molar-refractivity contribution is -0.128. The number of ether oxygens (including phenoxy) is 1. The van der Waals surface area contributed by atoms with Gasteiger partial charge in [0.25, 0.3) is 0 Å². The van der Waals surface area contributed by atoms with E-state index in [2.05, 4.69) is 11.8 Å². The van der Waals surface area contributed by atoms with Crippen LogP contribution in [0.3, 0.4) is 0 Å². The molecule has 20 heavy (non-hydrogen) atoms. The van der Waals surface area contributed by atoms with Crippen molar-refractivity contribution in [2.24, 2.45) is 0 Å². The summed E-state index contributed by atoms with van der Waals surface area (Å²) < 4.78 is 5.28. The number of methoxy groups -OCH3 is 1. The molecule has 0 spiro atoms. The third-order valence-electron chi connectivity index (χ3n) is 3.27. The third kappa shape index (κ3) is 3.52. The molecule has 1 heterocycles. The second kappa shape index (κ2) is 6.97. The molecule has 1 aliphatic rings. The molecule has 0 aromatic heterocycles. The first-order chi connectivity index (χ1) is 9.74. The number of aliphatic hydroxyl groups is 1. The molecular formula is C16H19NO3. The van der Waals surface area contributed by atoms with Crippen molar-refractivity contribution < 1.29 is 14.6 Å². The Bertz CT molecular complexity index is 542. The maximum Gasteiger partial charge on any atom is 0.222 e. The van der Waals surface area contributed by atoms with E-state index in [0.29, 0.717) is 25.1 Å². The van der Waals surface area contributed by atoms with Gasteiger partial charge in [0.2, 0.25) is 5.91 Å². The summed E-state index contributed by atoms with van der Waals surface area (Å²) in [5.41, 5.74) is 1.85. The Morgan fingerprint density at radius 1 is 1.45 bits per heavy atom. The zero-order valence-electron chi connectivity index (χ0n) is 11.7. The smallest absolute Gasteiger partial charge is 0.222 e. The number of hydrogen-bond donors (Lipinski definition) is 1. The fraction of sp³-hybridized carbons (Fsp3) is 0.438. The van der Waals surface area contributed by atoms with Gasteiger partial charge in [0.05, 0.1) is 19.3 Å². The highest BCUT2D eigenvalue weighted by Gasteiger charge is 2.20. The minimum atomic E-state index is 0.0529. The number of benzene rings is 1. The third-order valence-corrected chi connectivity index (χ3v) is 3.27. The summed E-state index contributed by atoms with van der Waals surface area (Å²) in [6.07, 6.45) is 2.04. The minimum absolute atomic E-state index is 0.0529. The predicted molar refractivity (Wildman–Crippen MR) is 76.2 cm³/mol. The summed E-state index contributed by atoms with van der Waals surface area (Å²) in [4.78, 5) is 13.5. The van der Waals surface area contributed by atoms with Gasteiger partial charge in [-0.05, 0) is 24.1 Å². The molecule has 0 unspecified atom stereocenters. The summed E-state index contributed by atoms with van der Waals surface area (Å²) in [7, 11) is 1.61. The molecule has 0 aliphatic carbocycles. The molecule has 4 nitrogen and oxygen atoms in total. The lowest BCUT2D eigenvalue weighted by Gasteiger charge is -2.16. The van der Waals surface area contributed by atoms with E-state index in [4.69, 9.17) is 9.84 Å². The molecule has 2 rings (SSSR count). The average Bonchev–Trinajstić information content (AvgIpc) is 2.85. The second-order valence-corrected chi connectivity index (χ2v) is 4.73. The van der Waals surface area contributed by atoms with Gasteiger partial charge in [-0.1, -0.05) is 17.9 Å². The quantitative estimate of drug-likeness (QED) is 0.847. The Hall–Kier alpha value is -1.99. The molecule has 0 atom stereocenters. The highest BCUT2D eigenvalue weighted by Crippen LogP contribution is 2.21. The van der Waals surface area contributed by atoms with Crippen molar-refractivity contribution in [3.63, 3.8) is 0 Å². The lowest BCUT2D eigenvalue weighted by Crippen LogP contribution is -2.23. The Kier molecular flexibility index (Phi) is 5.03. The van der Waals surface area contributed by atoms with Crippen LogP contribution in [-0.4, -0.2) is 36.2 Å². The number of likely N-dealkylation sites (tertiary alicyclic amines) is 1. The SMILES string of the molecule is COc1ccc(CN2CCCC2=O)cc1C#CCCO. The van der Waals surface area contributed by atoms with E-state index in [1.165, 1.54) is 0 Å². The Labute approximate surface area is 119 Å². The van der Waals surface area contributed by atoms with E-state index in [1.54, 1.807) is 7.11 Å². The Balaban J connectivity index is 2.16. The monoisotopic (exact) mass is 273 g/mol. The predicted octanol–water partition coefficient (Wildman–Crippen LogP) is 1.55. The Morgan fingerprint density at radius 2 is 2.30 bits per heavy atom. The van der Waals surface area contributed by atoms with Crippen LogP contribution < -0.4 is 4.74 Å². The molecule has 1 N–H and O–H groups in total. The van der Waals surface area contributed by atoms with E-state index in [9.17, 15) is 4.79 Å². The van der Waals surface area contributed by atoms with Gasteiger partial charge in [0.1, 0.15) is 5.75 Å². The largest absolute Gasteiger partial charge is 0.495 e. The molecule has 1 aromatic rings. The van der Waals surface area contributed by atoms with Crippen LogP contribution in [0, 0.1) is 11.8 Å². The fourth-order valence-corrected chi connectivity index (χ4v) is 2.26. The van der Waals surface area contributed by atoms with Crippen molar-refractivity contribution in [2.75, 3.05) is 20.3 Å². The normalized spacial score (nSPS) is 14.1. The summed E-state index contributed by atoms with van der Waals surface area (Å²) in [6.45, 7) is 1.51. The average molecular weight is 273 g/mol. The molecule has 1 amide bonds. The zero-order chi connectivity index (χ0) is 14.4. The number of rotatable bonds is 4. The molecule has 0 saturated carbocycles. The van der Waals surface area contributed by atoms with E-state index in [1.807, 2.05) is 23.1 Å². The van der Waals surface area contributed by atoms with Gasteiger partial charge in [-0.2, -0.15) is 0 Å². The van der Waals surface area contributed by atoms with Crippen LogP contribution in [-0.2, 0) is 11.3 Å². The van der Waals surface area contributed by atoms with Crippen LogP contribution in [0.1, 0.15) is 30.4 Å². The molecule has 1 aliphatic heterocycles. The van der Waals surface area contributed by atoms with E-state index >= 15 is 0 Å². The van der Waals surface area contributed by atoms with Gasteiger partial charge in [0.15, 0.2) is 0 Å². The second-order valence-electron chi connectivity index (χ2n) is 4.73. The molecule has 0 radical (unpaired) electrons. The minimum Gasteiger partial charge on any atom is -0.495 e. The highest BCUT2D eigenvalue weighted by molar-refractivity contribution is 5.78. The topological polar surface area (TPSA) is 49.8 Å². The van der Waals surface area contributed by atoms with Gasteiger partial charge >= 0.3 is 0 Å². The standard InChI is InChI=1S/C16H19NO3/c1-20-15-8-7-13(11-14(15)5-2-3-10-18)12-17-9-4-6-16(17)19/h7-8,11,18H,3-4,6,9-10,12H2,1H3. The van der Waals surface area contributed by atoms with Crippen LogP contribution in [0.25, 0.3) is 0 Å². The number of nitrogens with zero attached hydrogens (tertiary/aromatic N) is 1. The van der Waals surface area contributed by atoms with E-state index < -0.39 is 0 Å². The fourth-order valence-electron chi connectivity index (χ4n) is 2.26. The number of carbonyl (C=O) groups excluding carboxylic acids is 1. The van der Waals surface area contributed by atoms with E-state index in [-0.39, 0.29) is 12.5 Å². The number of hydrogen-bond acceptors (Lipinski definition) is 3. The summed E-state index contributed by atoms with van der Waals surface area (Å²) in [5.74, 6) is 6.83. The molecule has 1 aromatic carbocycles. The van der Waals surface area contributed by atoms with E-state index in [0.717, 1.165) is 24.1 Å². The van der Waals surface area contributed by atoms with Gasteiger partial charge in [-0.15, -0.1) is 0 Å². The van der Waals surface area contributed by atoms with Gasteiger partial charge in [-0.3, -0.25) is 4.79 Å². The molecule has 1 fully saturated rings. The Morgan fingerprint density at radius 3 is 2.95 bits per heavy atom. The van der Waals surface area contributed by atoms with Crippen LogP contribution in [0.2, 0.25) is 0 Å². The maximum absolute atomic E-state index is 11.6. The van der Waals surface area contributed by atoms with Crippen LogP contribution in [0.5, 0.6) is 5.75 Å². The first-order valence-corrected chi connectivity index (χ1v) is 6.79. The van der Waals surface area contributed by atoms with Crippen LogP contribution in [0.15, 0.2) is 18.2 Å². The first-order valence-electron chi connectivity index (χ1n) is 6.79. The molecule has 106 valence electrons. The molecule has 0 bridgehead atoms. The lowest BCUT2D eigenvalue weighted by atomic mass is 10.1. The van der Waals surface area contributed by atoms with Crippen LogP contribution >= 0.6 is 0 Å². The van der Waals surface area contributed by atoms with Gasteiger partial charge in [0, 0.05) is 25.9 Å². The summed E-state index contributed by atoms with van der Waals surface area (Å²) in [6, 6.07) is 5.79. The number of amides is 1. The van der Waals surface area contributed by atoms with Crippen molar-refractivity contribution in [1.82, 2.24) is 4.90 Å². The van der Waals surface area contributed by atoms with Gasteiger partial charge in [-0.25, -0.2) is 0 Å². The van der Waals surface area contributed by atoms with Crippen molar-refractivity contribution >= 4 is 5.91 Å². The molecule has 1 saturated heterocycles. The van der Waals surface area contributed by atoms with Crippen LogP contribution in [0.4, 0.5) is 0 Å². The van der Waals surface area contributed by atoms with Crippen molar-refractivity contribution in [2.45, 2.75) is 25.8 Å².